The number of carbonyl (C=O) groups excluding carboxylic acids is 1. The normalized spacial score (nSPS) is 12.9. The average Bonchev–Trinajstić information content (AvgIpc) is 2.71. The molecule has 5 nitrogen and oxygen atoms in total. The van der Waals surface area contributed by atoms with Crippen LogP contribution in [0.3, 0.4) is 0 Å². The average molecular weight is 372 g/mol. The van der Waals surface area contributed by atoms with Gasteiger partial charge in [-0.3, -0.25) is 4.79 Å². The van der Waals surface area contributed by atoms with E-state index in [2.05, 4.69) is 0 Å². The highest BCUT2D eigenvalue weighted by atomic mass is 16.5. The topological polar surface area (TPSA) is 65.0 Å². The van der Waals surface area contributed by atoms with Crippen LogP contribution < -0.4 is 9.47 Å². The summed E-state index contributed by atoms with van der Waals surface area (Å²) in [6, 6.07) is 14.7. The van der Waals surface area contributed by atoms with Crippen LogP contribution in [0, 0.1) is 0 Å². The Kier molecular flexibility index (Phi) is 8.14. The monoisotopic (exact) mass is 372 g/mol. The van der Waals surface area contributed by atoms with Gasteiger partial charge in [0, 0.05) is 0 Å². The fourth-order valence-corrected chi connectivity index (χ4v) is 2.96. The van der Waals surface area contributed by atoms with Crippen molar-refractivity contribution in [3.8, 4) is 11.5 Å². The van der Waals surface area contributed by atoms with Crippen LogP contribution in [-0.2, 0) is 16.1 Å². The summed E-state index contributed by atoms with van der Waals surface area (Å²) in [5.74, 6) is -0.144. The molecule has 0 fully saturated rings. The summed E-state index contributed by atoms with van der Waals surface area (Å²) in [5.41, 5.74) is 1.55. The Balaban J connectivity index is 2.23. The predicted molar refractivity (Wildman–Crippen MR) is 104 cm³/mol. The van der Waals surface area contributed by atoms with Crippen LogP contribution in [0.1, 0.15) is 43.2 Å². The number of hydrogen-bond acceptors (Lipinski definition) is 5. The van der Waals surface area contributed by atoms with Gasteiger partial charge in [0.1, 0.15) is 12.5 Å². The van der Waals surface area contributed by atoms with Gasteiger partial charge in [0.2, 0.25) is 0 Å². The molecule has 0 spiro atoms. The smallest absolute Gasteiger partial charge is 0.316 e. The first-order chi connectivity index (χ1) is 13.1. The van der Waals surface area contributed by atoms with Gasteiger partial charge in [-0.1, -0.05) is 56.2 Å². The molecule has 0 bridgehead atoms. The molecular weight excluding hydrogens is 344 g/mol. The fourth-order valence-electron chi connectivity index (χ4n) is 2.96. The quantitative estimate of drug-likeness (QED) is 0.637. The number of hydrogen-bond donors (Lipinski definition) is 1. The first-order valence-electron chi connectivity index (χ1n) is 9.21. The highest BCUT2D eigenvalue weighted by Gasteiger charge is 2.30. The highest BCUT2D eigenvalue weighted by molar-refractivity contribution is 5.79. The predicted octanol–water partition coefficient (Wildman–Crippen LogP) is 4.08. The summed E-state index contributed by atoms with van der Waals surface area (Å²) in [6.07, 6.45) is 1.47. The second kappa shape index (κ2) is 10.6. The van der Waals surface area contributed by atoms with Crippen molar-refractivity contribution in [3.63, 3.8) is 0 Å². The fraction of sp³-hybridized carbons (Fsp3) is 0.409. The molecule has 0 saturated carbocycles. The zero-order valence-electron chi connectivity index (χ0n) is 16.2. The van der Waals surface area contributed by atoms with Crippen LogP contribution in [0.25, 0.3) is 0 Å². The summed E-state index contributed by atoms with van der Waals surface area (Å²) in [5, 5.41) is 10.7. The van der Waals surface area contributed by atoms with Crippen molar-refractivity contribution in [1.29, 1.82) is 0 Å². The van der Waals surface area contributed by atoms with E-state index >= 15 is 0 Å². The Hall–Kier alpha value is -2.53. The Bertz CT molecular complexity index is 714. The first kappa shape index (κ1) is 20.8. The second-order valence-corrected chi connectivity index (χ2v) is 6.39. The number of unbranched alkanes of at least 4 members (excludes halogenated alkanes) is 1. The SMILES string of the molecule is CCCCC(O)C(C(=O)OCc1ccccc1)c1ccc(OC)c(OC)c1. The van der Waals surface area contributed by atoms with Gasteiger partial charge in [-0.05, 0) is 29.7 Å². The van der Waals surface area contributed by atoms with Gasteiger partial charge >= 0.3 is 5.97 Å². The Morgan fingerprint density at radius 2 is 1.74 bits per heavy atom. The molecule has 0 aliphatic rings. The molecule has 2 atom stereocenters. The molecule has 0 aromatic heterocycles. The van der Waals surface area contributed by atoms with E-state index in [0.717, 1.165) is 18.4 Å². The van der Waals surface area contributed by atoms with Crippen molar-refractivity contribution in [2.75, 3.05) is 14.2 Å². The van der Waals surface area contributed by atoms with E-state index < -0.39 is 18.0 Å². The van der Waals surface area contributed by atoms with Gasteiger partial charge in [-0.15, -0.1) is 0 Å². The molecule has 0 aliphatic carbocycles. The molecule has 27 heavy (non-hydrogen) atoms. The number of benzene rings is 2. The maximum atomic E-state index is 12.8. The van der Waals surface area contributed by atoms with E-state index in [1.807, 2.05) is 37.3 Å². The van der Waals surface area contributed by atoms with Gasteiger partial charge in [0.25, 0.3) is 0 Å². The molecular formula is C22H28O5. The van der Waals surface area contributed by atoms with Crippen LogP contribution in [0.5, 0.6) is 11.5 Å². The number of esters is 1. The van der Waals surface area contributed by atoms with Gasteiger partial charge in [-0.25, -0.2) is 0 Å². The van der Waals surface area contributed by atoms with Gasteiger partial charge < -0.3 is 19.3 Å². The maximum Gasteiger partial charge on any atom is 0.316 e. The minimum Gasteiger partial charge on any atom is -0.493 e. The molecule has 2 rings (SSSR count). The van der Waals surface area contributed by atoms with Crippen molar-refractivity contribution in [3.05, 3.63) is 59.7 Å². The van der Waals surface area contributed by atoms with E-state index in [0.29, 0.717) is 23.5 Å². The molecule has 0 heterocycles. The van der Waals surface area contributed by atoms with Gasteiger partial charge in [0.15, 0.2) is 11.5 Å². The van der Waals surface area contributed by atoms with Crippen LogP contribution >= 0.6 is 0 Å². The third-order valence-electron chi connectivity index (χ3n) is 4.48. The van der Waals surface area contributed by atoms with Crippen LogP contribution in [0.4, 0.5) is 0 Å². The van der Waals surface area contributed by atoms with E-state index in [-0.39, 0.29) is 6.61 Å². The Morgan fingerprint density at radius 1 is 1.04 bits per heavy atom. The molecule has 2 aromatic rings. The zero-order valence-corrected chi connectivity index (χ0v) is 16.2. The molecule has 0 amide bonds. The molecule has 2 aromatic carbocycles. The molecule has 146 valence electrons. The number of aliphatic hydroxyl groups is 1. The molecule has 1 N–H and O–H groups in total. The Labute approximate surface area is 160 Å². The summed E-state index contributed by atoms with van der Waals surface area (Å²) in [4.78, 5) is 12.8. The summed E-state index contributed by atoms with van der Waals surface area (Å²) >= 11 is 0. The van der Waals surface area contributed by atoms with E-state index in [9.17, 15) is 9.90 Å². The lowest BCUT2D eigenvalue weighted by atomic mass is 9.90. The lowest BCUT2D eigenvalue weighted by Gasteiger charge is -2.23. The molecule has 0 radical (unpaired) electrons. The van der Waals surface area contributed by atoms with Crippen LogP contribution in [0.15, 0.2) is 48.5 Å². The van der Waals surface area contributed by atoms with Crippen molar-refractivity contribution in [2.45, 2.75) is 44.8 Å². The number of carbonyl (C=O) groups is 1. The van der Waals surface area contributed by atoms with E-state index in [1.54, 1.807) is 25.3 Å². The zero-order chi connectivity index (χ0) is 19.6. The third kappa shape index (κ3) is 5.73. The van der Waals surface area contributed by atoms with Crippen LogP contribution in [-0.4, -0.2) is 31.4 Å². The standard InChI is InChI=1S/C22H28O5/c1-4-5-11-18(23)21(17-12-13-19(25-2)20(14-17)26-3)22(24)27-15-16-9-7-6-8-10-16/h6-10,12-14,18,21,23H,4-5,11,15H2,1-3H3. The number of rotatable bonds is 10. The van der Waals surface area contributed by atoms with E-state index in [1.165, 1.54) is 7.11 Å². The summed E-state index contributed by atoms with van der Waals surface area (Å²) in [7, 11) is 3.09. The minimum atomic E-state index is -0.827. The number of methoxy groups -OCH3 is 2. The summed E-state index contributed by atoms with van der Waals surface area (Å²) < 4.78 is 16.1. The third-order valence-corrected chi connectivity index (χ3v) is 4.48. The lowest BCUT2D eigenvalue weighted by molar-refractivity contribution is -0.149. The largest absolute Gasteiger partial charge is 0.493 e. The van der Waals surface area contributed by atoms with E-state index in [4.69, 9.17) is 14.2 Å². The highest BCUT2D eigenvalue weighted by Crippen LogP contribution is 2.33. The van der Waals surface area contributed by atoms with Crippen LogP contribution in [0.2, 0.25) is 0 Å². The van der Waals surface area contributed by atoms with Crippen molar-refractivity contribution in [2.24, 2.45) is 0 Å². The van der Waals surface area contributed by atoms with Crippen molar-refractivity contribution < 1.29 is 24.1 Å². The molecule has 5 heteroatoms. The number of aliphatic hydroxyl groups excluding tert-OH is 1. The maximum absolute atomic E-state index is 12.8. The van der Waals surface area contributed by atoms with Gasteiger partial charge in [0.05, 0.1) is 20.3 Å². The molecule has 2 unspecified atom stereocenters. The molecule has 0 aliphatic heterocycles. The van der Waals surface area contributed by atoms with Crippen molar-refractivity contribution in [1.82, 2.24) is 0 Å². The number of ether oxygens (including phenoxy) is 3. The molecule has 0 saturated heterocycles. The second-order valence-electron chi connectivity index (χ2n) is 6.39. The Morgan fingerprint density at radius 3 is 2.37 bits per heavy atom. The minimum absolute atomic E-state index is 0.171. The first-order valence-corrected chi connectivity index (χ1v) is 9.21. The van der Waals surface area contributed by atoms with Gasteiger partial charge in [-0.2, -0.15) is 0 Å². The summed E-state index contributed by atoms with van der Waals surface area (Å²) in [6.45, 7) is 2.22. The van der Waals surface area contributed by atoms with Crippen molar-refractivity contribution >= 4 is 5.97 Å². The lowest BCUT2D eigenvalue weighted by Crippen LogP contribution is -2.28.